The zero-order valence-electron chi connectivity index (χ0n) is 10.8. The van der Waals surface area contributed by atoms with Crippen LogP contribution in [0.4, 0.5) is 5.69 Å². The van der Waals surface area contributed by atoms with Crippen LogP contribution in [0.1, 0.15) is 5.56 Å². The quantitative estimate of drug-likeness (QED) is 0.830. The summed E-state index contributed by atoms with van der Waals surface area (Å²) >= 11 is 13.1. The standard InChI is InChI=1S/C15H10Cl2N2OS/c16-13-6-5-12(7-14(13)17)21-9-15(20)19-11-3-1-10(8-18)2-4-11/h1-7H,9H2,(H,19,20). The first-order valence-corrected chi connectivity index (χ1v) is 7.70. The van der Waals surface area contributed by atoms with Crippen molar-refractivity contribution in [2.75, 3.05) is 11.1 Å². The smallest absolute Gasteiger partial charge is 0.234 e. The minimum atomic E-state index is -0.129. The molecule has 1 amide bonds. The molecule has 0 fully saturated rings. The van der Waals surface area contributed by atoms with Gasteiger partial charge in [-0.15, -0.1) is 11.8 Å². The molecule has 0 heterocycles. The summed E-state index contributed by atoms with van der Waals surface area (Å²) in [6, 6.07) is 14.0. The fourth-order valence-corrected chi connectivity index (χ4v) is 2.64. The largest absolute Gasteiger partial charge is 0.325 e. The lowest BCUT2D eigenvalue weighted by atomic mass is 10.2. The van der Waals surface area contributed by atoms with Gasteiger partial charge in [0.2, 0.25) is 5.91 Å². The molecule has 0 aliphatic rings. The fourth-order valence-electron chi connectivity index (χ4n) is 1.54. The Labute approximate surface area is 136 Å². The number of thioether (sulfide) groups is 1. The number of carbonyl (C=O) groups excluding carboxylic acids is 1. The number of nitriles is 1. The molecule has 106 valence electrons. The first kappa shape index (κ1) is 15.7. The summed E-state index contributed by atoms with van der Waals surface area (Å²) in [5.74, 6) is 0.133. The predicted molar refractivity (Wildman–Crippen MR) is 87.0 cm³/mol. The van der Waals surface area contributed by atoms with Crippen LogP contribution in [-0.2, 0) is 4.79 Å². The predicted octanol–water partition coefficient (Wildman–Crippen LogP) is 4.60. The summed E-state index contributed by atoms with van der Waals surface area (Å²) in [6.07, 6.45) is 0. The monoisotopic (exact) mass is 336 g/mol. The summed E-state index contributed by atoms with van der Waals surface area (Å²) < 4.78 is 0. The number of hydrogen-bond donors (Lipinski definition) is 1. The molecule has 0 aliphatic carbocycles. The lowest BCUT2D eigenvalue weighted by Gasteiger charge is -2.06. The molecule has 2 aromatic carbocycles. The first-order valence-electron chi connectivity index (χ1n) is 5.96. The molecule has 0 saturated heterocycles. The normalized spacial score (nSPS) is 9.95. The van der Waals surface area contributed by atoms with E-state index in [0.717, 1.165) is 4.90 Å². The van der Waals surface area contributed by atoms with Gasteiger partial charge in [0.1, 0.15) is 0 Å². The molecule has 0 spiro atoms. The maximum absolute atomic E-state index is 11.8. The minimum absolute atomic E-state index is 0.129. The van der Waals surface area contributed by atoms with Gasteiger partial charge in [-0.05, 0) is 42.5 Å². The Hall–Kier alpha value is -1.67. The first-order chi connectivity index (χ1) is 10.1. The van der Waals surface area contributed by atoms with E-state index in [-0.39, 0.29) is 11.7 Å². The zero-order valence-corrected chi connectivity index (χ0v) is 13.1. The summed E-state index contributed by atoms with van der Waals surface area (Å²) in [6.45, 7) is 0. The highest BCUT2D eigenvalue weighted by molar-refractivity contribution is 8.00. The van der Waals surface area contributed by atoms with Gasteiger partial charge in [-0.3, -0.25) is 4.79 Å². The van der Waals surface area contributed by atoms with E-state index < -0.39 is 0 Å². The average molecular weight is 337 g/mol. The van der Waals surface area contributed by atoms with Crippen molar-refractivity contribution in [3.63, 3.8) is 0 Å². The van der Waals surface area contributed by atoms with Gasteiger partial charge in [0.05, 0.1) is 27.4 Å². The molecular formula is C15H10Cl2N2OS. The van der Waals surface area contributed by atoms with Gasteiger partial charge < -0.3 is 5.32 Å². The molecule has 0 radical (unpaired) electrons. The molecule has 0 atom stereocenters. The number of carbonyl (C=O) groups is 1. The van der Waals surface area contributed by atoms with Crippen molar-refractivity contribution in [2.45, 2.75) is 4.90 Å². The van der Waals surface area contributed by atoms with Gasteiger partial charge >= 0.3 is 0 Å². The van der Waals surface area contributed by atoms with Gasteiger partial charge in [0.15, 0.2) is 0 Å². The summed E-state index contributed by atoms with van der Waals surface area (Å²) in [5, 5.41) is 12.4. The molecule has 3 nitrogen and oxygen atoms in total. The van der Waals surface area contributed by atoms with Crippen LogP contribution in [0.5, 0.6) is 0 Å². The second-order valence-corrected chi connectivity index (χ2v) is 5.97. The second kappa shape index (κ2) is 7.37. The third-order valence-corrected chi connectivity index (χ3v) is 4.29. The van der Waals surface area contributed by atoms with Crippen molar-refractivity contribution in [3.8, 4) is 6.07 Å². The van der Waals surface area contributed by atoms with E-state index >= 15 is 0 Å². The fraction of sp³-hybridized carbons (Fsp3) is 0.0667. The van der Waals surface area contributed by atoms with Crippen molar-refractivity contribution in [1.82, 2.24) is 0 Å². The van der Waals surface area contributed by atoms with Crippen molar-refractivity contribution < 1.29 is 4.79 Å². The van der Waals surface area contributed by atoms with Crippen LogP contribution in [0.2, 0.25) is 10.0 Å². The van der Waals surface area contributed by atoms with Gasteiger partial charge in [-0.25, -0.2) is 0 Å². The third kappa shape index (κ3) is 4.68. The van der Waals surface area contributed by atoms with Crippen LogP contribution in [0, 0.1) is 11.3 Å². The molecule has 2 aromatic rings. The van der Waals surface area contributed by atoms with E-state index in [2.05, 4.69) is 5.32 Å². The van der Waals surface area contributed by atoms with E-state index in [1.54, 1.807) is 36.4 Å². The highest BCUT2D eigenvalue weighted by Crippen LogP contribution is 2.27. The second-order valence-electron chi connectivity index (χ2n) is 4.10. The van der Waals surface area contributed by atoms with Crippen LogP contribution < -0.4 is 5.32 Å². The SMILES string of the molecule is N#Cc1ccc(NC(=O)CSc2ccc(Cl)c(Cl)c2)cc1. The van der Waals surface area contributed by atoms with Crippen molar-refractivity contribution in [1.29, 1.82) is 5.26 Å². The lowest BCUT2D eigenvalue weighted by Crippen LogP contribution is -2.13. The maximum Gasteiger partial charge on any atom is 0.234 e. The van der Waals surface area contributed by atoms with Crippen molar-refractivity contribution in [3.05, 3.63) is 58.1 Å². The van der Waals surface area contributed by atoms with Crippen LogP contribution in [0.15, 0.2) is 47.4 Å². The van der Waals surface area contributed by atoms with Gasteiger partial charge in [0.25, 0.3) is 0 Å². The number of halogens is 2. The Kier molecular flexibility index (Phi) is 5.51. The molecule has 2 rings (SSSR count). The average Bonchev–Trinajstić information content (AvgIpc) is 2.49. The summed E-state index contributed by atoms with van der Waals surface area (Å²) in [5.41, 5.74) is 1.21. The molecule has 6 heteroatoms. The number of benzene rings is 2. The van der Waals surface area contributed by atoms with E-state index in [1.165, 1.54) is 11.8 Å². The number of hydrogen-bond acceptors (Lipinski definition) is 3. The molecular weight excluding hydrogens is 327 g/mol. The van der Waals surface area contributed by atoms with Crippen LogP contribution in [-0.4, -0.2) is 11.7 Å². The highest BCUT2D eigenvalue weighted by Gasteiger charge is 2.05. The Morgan fingerprint density at radius 3 is 2.48 bits per heavy atom. The lowest BCUT2D eigenvalue weighted by molar-refractivity contribution is -0.113. The Morgan fingerprint density at radius 2 is 1.86 bits per heavy atom. The van der Waals surface area contributed by atoms with Crippen LogP contribution in [0.3, 0.4) is 0 Å². The van der Waals surface area contributed by atoms with Crippen molar-refractivity contribution >= 4 is 46.6 Å². The van der Waals surface area contributed by atoms with Crippen LogP contribution >= 0.6 is 35.0 Å². The number of rotatable bonds is 4. The molecule has 0 unspecified atom stereocenters. The number of amides is 1. The number of nitrogens with zero attached hydrogens (tertiary/aromatic N) is 1. The Balaban J connectivity index is 1.89. The van der Waals surface area contributed by atoms with Crippen molar-refractivity contribution in [2.24, 2.45) is 0 Å². The maximum atomic E-state index is 11.8. The zero-order chi connectivity index (χ0) is 15.2. The molecule has 0 aliphatic heterocycles. The Morgan fingerprint density at radius 1 is 1.14 bits per heavy atom. The van der Waals surface area contributed by atoms with Gasteiger partial charge in [0, 0.05) is 10.6 Å². The number of nitrogens with one attached hydrogen (secondary N) is 1. The number of anilines is 1. The van der Waals surface area contributed by atoms with E-state index in [9.17, 15) is 4.79 Å². The van der Waals surface area contributed by atoms with E-state index in [4.69, 9.17) is 28.5 Å². The molecule has 0 aromatic heterocycles. The molecule has 0 bridgehead atoms. The Bertz CT molecular complexity index is 696. The molecule has 21 heavy (non-hydrogen) atoms. The third-order valence-electron chi connectivity index (χ3n) is 2.56. The highest BCUT2D eigenvalue weighted by atomic mass is 35.5. The van der Waals surface area contributed by atoms with Crippen LogP contribution in [0.25, 0.3) is 0 Å². The van der Waals surface area contributed by atoms with E-state index in [1.807, 2.05) is 12.1 Å². The van der Waals surface area contributed by atoms with E-state index in [0.29, 0.717) is 21.3 Å². The summed E-state index contributed by atoms with van der Waals surface area (Å²) in [7, 11) is 0. The minimum Gasteiger partial charge on any atom is -0.325 e. The van der Waals surface area contributed by atoms with Gasteiger partial charge in [-0.2, -0.15) is 5.26 Å². The molecule has 0 saturated carbocycles. The molecule has 1 N–H and O–H groups in total. The van der Waals surface area contributed by atoms with Gasteiger partial charge in [-0.1, -0.05) is 23.2 Å². The topological polar surface area (TPSA) is 52.9 Å². The summed E-state index contributed by atoms with van der Waals surface area (Å²) in [4.78, 5) is 12.7.